The zero-order valence-electron chi connectivity index (χ0n) is 11.1. The minimum atomic E-state index is 0.609. The molecule has 1 saturated carbocycles. The fraction of sp³-hybridized carbons (Fsp3) is 0.615. The fourth-order valence-electron chi connectivity index (χ4n) is 2.53. The zero-order chi connectivity index (χ0) is 13.2. The van der Waals surface area contributed by atoms with E-state index in [9.17, 15) is 0 Å². The van der Waals surface area contributed by atoms with Gasteiger partial charge in [-0.3, -0.25) is 0 Å². The maximum absolute atomic E-state index is 5.85. The normalized spacial score (nSPS) is 15.7. The molecular weight excluding hydrogens is 262 g/mol. The molecule has 1 fully saturated rings. The van der Waals surface area contributed by atoms with Gasteiger partial charge in [0.2, 0.25) is 0 Å². The summed E-state index contributed by atoms with van der Waals surface area (Å²) in [7, 11) is 0. The Balaban J connectivity index is 2.00. The lowest BCUT2D eigenvalue weighted by atomic mass is 9.91. The van der Waals surface area contributed by atoms with Crippen molar-refractivity contribution in [3.05, 3.63) is 18.1 Å². The summed E-state index contributed by atoms with van der Waals surface area (Å²) < 4.78 is 1.83. The third kappa shape index (κ3) is 2.39. The predicted octanol–water partition coefficient (Wildman–Crippen LogP) is 2.42. The van der Waals surface area contributed by atoms with Crippen molar-refractivity contribution in [2.24, 2.45) is 0 Å². The summed E-state index contributed by atoms with van der Waals surface area (Å²) >= 11 is 5.85. The van der Waals surface area contributed by atoms with Crippen LogP contribution in [0.1, 0.15) is 31.4 Å². The van der Waals surface area contributed by atoms with Crippen molar-refractivity contribution in [3.8, 4) is 0 Å². The number of alkyl halides is 1. The molecule has 0 aliphatic heterocycles. The van der Waals surface area contributed by atoms with Gasteiger partial charge in [0.15, 0.2) is 0 Å². The summed E-state index contributed by atoms with van der Waals surface area (Å²) in [5.41, 5.74) is 0.977. The molecule has 0 atom stereocenters. The molecule has 102 valence electrons. The number of anilines is 1. The van der Waals surface area contributed by atoms with Gasteiger partial charge >= 0.3 is 0 Å². The molecule has 1 aliphatic rings. The number of rotatable bonds is 5. The van der Waals surface area contributed by atoms with Gasteiger partial charge in [0.1, 0.15) is 12.1 Å². The minimum absolute atomic E-state index is 0.609. The van der Waals surface area contributed by atoms with Gasteiger partial charge in [0, 0.05) is 30.2 Å². The van der Waals surface area contributed by atoms with Gasteiger partial charge in [-0.1, -0.05) is 0 Å². The highest BCUT2D eigenvalue weighted by Gasteiger charge is 2.27. The number of aryl methyl sites for hydroxylation is 1. The Morgan fingerprint density at radius 3 is 3.00 bits per heavy atom. The molecule has 19 heavy (non-hydrogen) atoms. The monoisotopic (exact) mass is 279 g/mol. The van der Waals surface area contributed by atoms with Gasteiger partial charge in [0.05, 0.1) is 0 Å². The standard InChI is InChI=1S/C13H18ClN5/c1-10-8-12(19-13(17-10)15-9-16-19)18(7-3-6-14)11-4-2-5-11/h8-9,11H,2-7H2,1H3. The molecule has 0 bridgehead atoms. The quantitative estimate of drug-likeness (QED) is 0.789. The zero-order valence-corrected chi connectivity index (χ0v) is 11.8. The highest BCUT2D eigenvalue weighted by molar-refractivity contribution is 6.17. The first kappa shape index (κ1) is 12.7. The summed E-state index contributed by atoms with van der Waals surface area (Å²) in [6.07, 6.45) is 6.35. The third-order valence-electron chi connectivity index (χ3n) is 3.70. The molecule has 0 radical (unpaired) electrons. The molecule has 0 unspecified atom stereocenters. The largest absolute Gasteiger partial charge is 0.353 e. The Hall–Kier alpha value is -1.36. The first-order chi connectivity index (χ1) is 9.29. The smallest absolute Gasteiger partial charge is 0.254 e. The van der Waals surface area contributed by atoms with Crippen LogP contribution >= 0.6 is 11.6 Å². The molecule has 0 spiro atoms. The van der Waals surface area contributed by atoms with Gasteiger partial charge in [-0.25, -0.2) is 4.98 Å². The Labute approximate surface area is 117 Å². The second kappa shape index (κ2) is 5.33. The lowest BCUT2D eigenvalue weighted by Crippen LogP contribution is -2.42. The molecule has 2 aromatic heterocycles. The first-order valence-electron chi connectivity index (χ1n) is 6.79. The lowest BCUT2D eigenvalue weighted by molar-refractivity contribution is 0.382. The predicted molar refractivity (Wildman–Crippen MR) is 75.8 cm³/mol. The van der Waals surface area contributed by atoms with Gasteiger partial charge < -0.3 is 4.90 Å². The molecule has 0 amide bonds. The van der Waals surface area contributed by atoms with E-state index < -0.39 is 0 Å². The first-order valence-corrected chi connectivity index (χ1v) is 7.33. The van der Waals surface area contributed by atoms with E-state index in [-0.39, 0.29) is 0 Å². The van der Waals surface area contributed by atoms with E-state index >= 15 is 0 Å². The Bertz CT molecular complexity index is 563. The van der Waals surface area contributed by atoms with Crippen molar-refractivity contribution >= 4 is 23.2 Å². The van der Waals surface area contributed by atoms with Crippen molar-refractivity contribution in [2.75, 3.05) is 17.3 Å². The van der Waals surface area contributed by atoms with E-state index in [0.717, 1.165) is 24.5 Å². The molecule has 2 aromatic rings. The minimum Gasteiger partial charge on any atom is -0.353 e. The fourth-order valence-corrected chi connectivity index (χ4v) is 2.65. The summed E-state index contributed by atoms with van der Waals surface area (Å²) in [5, 5.41) is 4.30. The third-order valence-corrected chi connectivity index (χ3v) is 3.97. The van der Waals surface area contributed by atoms with E-state index in [1.54, 1.807) is 6.33 Å². The Morgan fingerprint density at radius 2 is 2.32 bits per heavy atom. The van der Waals surface area contributed by atoms with Crippen LogP contribution in [0, 0.1) is 6.92 Å². The second-order valence-corrected chi connectivity index (χ2v) is 5.43. The van der Waals surface area contributed by atoms with Crippen molar-refractivity contribution in [3.63, 3.8) is 0 Å². The highest BCUT2D eigenvalue weighted by Crippen LogP contribution is 2.29. The van der Waals surface area contributed by atoms with E-state index in [2.05, 4.69) is 26.0 Å². The van der Waals surface area contributed by atoms with Crippen LogP contribution in [0.5, 0.6) is 0 Å². The van der Waals surface area contributed by atoms with Crippen LogP contribution in [0.2, 0.25) is 0 Å². The molecule has 5 nitrogen and oxygen atoms in total. The van der Waals surface area contributed by atoms with Crippen LogP contribution < -0.4 is 4.90 Å². The van der Waals surface area contributed by atoms with Gasteiger partial charge in [-0.15, -0.1) is 11.6 Å². The summed E-state index contributed by atoms with van der Waals surface area (Å²) in [6.45, 7) is 2.96. The van der Waals surface area contributed by atoms with Crippen molar-refractivity contribution in [1.29, 1.82) is 0 Å². The van der Waals surface area contributed by atoms with Crippen LogP contribution in [-0.4, -0.2) is 38.0 Å². The van der Waals surface area contributed by atoms with E-state index in [4.69, 9.17) is 11.6 Å². The topological polar surface area (TPSA) is 46.3 Å². The molecule has 2 heterocycles. The number of hydrogen-bond acceptors (Lipinski definition) is 4. The Morgan fingerprint density at radius 1 is 1.47 bits per heavy atom. The average Bonchev–Trinajstić information content (AvgIpc) is 2.78. The summed E-state index contributed by atoms with van der Waals surface area (Å²) in [6, 6.07) is 2.70. The number of fused-ring (bicyclic) bond motifs is 1. The number of hydrogen-bond donors (Lipinski definition) is 0. The molecule has 3 rings (SSSR count). The van der Waals surface area contributed by atoms with Crippen LogP contribution in [0.3, 0.4) is 0 Å². The summed E-state index contributed by atoms with van der Waals surface area (Å²) in [4.78, 5) is 11.0. The second-order valence-electron chi connectivity index (χ2n) is 5.05. The molecule has 0 aromatic carbocycles. The number of nitrogens with zero attached hydrogens (tertiary/aromatic N) is 5. The maximum Gasteiger partial charge on any atom is 0.254 e. The molecule has 0 saturated heterocycles. The van der Waals surface area contributed by atoms with Crippen molar-refractivity contribution in [1.82, 2.24) is 19.6 Å². The van der Waals surface area contributed by atoms with Gasteiger partial charge in [-0.2, -0.15) is 14.6 Å². The van der Waals surface area contributed by atoms with Crippen LogP contribution in [0.4, 0.5) is 5.82 Å². The van der Waals surface area contributed by atoms with Crippen molar-refractivity contribution < 1.29 is 0 Å². The van der Waals surface area contributed by atoms with E-state index in [1.165, 1.54) is 19.3 Å². The van der Waals surface area contributed by atoms with E-state index in [0.29, 0.717) is 17.7 Å². The lowest BCUT2D eigenvalue weighted by Gasteiger charge is -2.39. The molecule has 1 aliphatic carbocycles. The highest BCUT2D eigenvalue weighted by atomic mass is 35.5. The average molecular weight is 280 g/mol. The Kier molecular flexibility index (Phi) is 3.55. The molecular formula is C13H18ClN5. The van der Waals surface area contributed by atoms with Gasteiger partial charge in [0.25, 0.3) is 5.78 Å². The molecule has 6 heteroatoms. The van der Waals surface area contributed by atoms with E-state index in [1.807, 2.05) is 11.4 Å². The number of aromatic nitrogens is 4. The van der Waals surface area contributed by atoms with Gasteiger partial charge in [-0.05, 0) is 32.6 Å². The maximum atomic E-state index is 5.85. The van der Waals surface area contributed by atoms with Crippen molar-refractivity contribution in [2.45, 2.75) is 38.6 Å². The number of halogens is 1. The molecule has 0 N–H and O–H groups in total. The SMILES string of the molecule is Cc1cc(N(CCCCl)C2CCC2)n2ncnc2n1. The van der Waals surface area contributed by atoms with Crippen LogP contribution in [0.25, 0.3) is 5.78 Å². The van der Waals surface area contributed by atoms with Crippen LogP contribution in [-0.2, 0) is 0 Å². The van der Waals surface area contributed by atoms with Crippen LogP contribution in [0.15, 0.2) is 12.4 Å². The summed E-state index contributed by atoms with van der Waals surface area (Å²) in [5.74, 6) is 2.45.